The van der Waals surface area contributed by atoms with Gasteiger partial charge in [0.1, 0.15) is 10.6 Å². The van der Waals surface area contributed by atoms with Crippen molar-refractivity contribution in [1.82, 2.24) is 5.32 Å². The first-order valence-electron chi connectivity index (χ1n) is 9.99. The van der Waals surface area contributed by atoms with Crippen molar-refractivity contribution in [2.75, 3.05) is 11.8 Å². The number of methoxy groups -OCH3 is 1. The van der Waals surface area contributed by atoms with Crippen LogP contribution in [0, 0.1) is 0 Å². The number of hydrogen-bond donors (Lipinski definition) is 2. The highest BCUT2D eigenvalue weighted by molar-refractivity contribution is 7.92. The molecule has 0 aliphatic heterocycles. The van der Waals surface area contributed by atoms with E-state index in [9.17, 15) is 13.2 Å². The lowest BCUT2D eigenvalue weighted by atomic mass is 10.1. The summed E-state index contributed by atoms with van der Waals surface area (Å²) in [6.45, 7) is 3.90. The van der Waals surface area contributed by atoms with Crippen LogP contribution in [0.1, 0.15) is 41.4 Å². The van der Waals surface area contributed by atoms with Crippen molar-refractivity contribution in [3.63, 3.8) is 0 Å². The molecule has 0 radical (unpaired) electrons. The highest BCUT2D eigenvalue weighted by atomic mass is 32.2. The minimum absolute atomic E-state index is 0.102. The Morgan fingerprint density at radius 2 is 1.68 bits per heavy atom. The van der Waals surface area contributed by atoms with Gasteiger partial charge in [-0.2, -0.15) is 0 Å². The van der Waals surface area contributed by atoms with E-state index < -0.39 is 10.0 Å². The topological polar surface area (TPSA) is 84.5 Å². The molecular formula is C24H26N2O4S. The number of sulfonamides is 1. The third kappa shape index (κ3) is 5.44. The minimum atomic E-state index is -3.97. The molecule has 3 aromatic rings. The Morgan fingerprint density at radius 1 is 1.00 bits per heavy atom. The number of ether oxygens (including phenoxy) is 1. The molecule has 0 saturated heterocycles. The molecule has 1 atom stereocenters. The Bertz CT molecular complexity index is 1140. The van der Waals surface area contributed by atoms with Crippen LogP contribution in [-0.2, 0) is 16.4 Å². The number of aryl methyl sites for hydroxylation is 1. The van der Waals surface area contributed by atoms with E-state index in [2.05, 4.69) is 10.0 Å². The summed E-state index contributed by atoms with van der Waals surface area (Å²) in [4.78, 5) is 12.7. The molecule has 2 N–H and O–H groups in total. The minimum Gasteiger partial charge on any atom is -0.495 e. The zero-order chi connectivity index (χ0) is 22.4. The van der Waals surface area contributed by atoms with Crippen molar-refractivity contribution in [2.24, 2.45) is 0 Å². The Kier molecular flexibility index (Phi) is 6.97. The standard InChI is InChI=1S/C24H26N2O4S/c1-4-18-10-13-21(14-11-18)26-31(28,29)23-16-20(12-15-22(23)30-3)24(27)25-17(2)19-8-6-5-7-9-19/h5-17,26H,4H2,1-3H3,(H,25,27). The van der Waals surface area contributed by atoms with E-state index in [-0.39, 0.29) is 28.2 Å². The molecule has 162 valence electrons. The van der Waals surface area contributed by atoms with Gasteiger partial charge in [0, 0.05) is 11.3 Å². The van der Waals surface area contributed by atoms with E-state index in [1.54, 1.807) is 18.2 Å². The number of carbonyl (C=O) groups excluding carboxylic acids is 1. The lowest BCUT2D eigenvalue weighted by Gasteiger charge is -2.16. The predicted molar refractivity (Wildman–Crippen MR) is 122 cm³/mol. The summed E-state index contributed by atoms with van der Waals surface area (Å²) in [5.74, 6) is -0.215. The van der Waals surface area contributed by atoms with Gasteiger partial charge in [0.05, 0.1) is 13.2 Å². The van der Waals surface area contributed by atoms with Crippen LogP contribution in [0.2, 0.25) is 0 Å². The Balaban J connectivity index is 1.86. The van der Waals surface area contributed by atoms with Gasteiger partial charge < -0.3 is 10.1 Å². The second-order valence-corrected chi connectivity index (χ2v) is 8.78. The van der Waals surface area contributed by atoms with Crippen LogP contribution < -0.4 is 14.8 Å². The molecule has 0 aliphatic carbocycles. The van der Waals surface area contributed by atoms with Crippen LogP contribution in [-0.4, -0.2) is 21.4 Å². The van der Waals surface area contributed by atoms with Crippen LogP contribution in [0.15, 0.2) is 77.7 Å². The molecule has 31 heavy (non-hydrogen) atoms. The van der Waals surface area contributed by atoms with E-state index >= 15 is 0 Å². The van der Waals surface area contributed by atoms with Crippen molar-refractivity contribution in [2.45, 2.75) is 31.2 Å². The van der Waals surface area contributed by atoms with Gasteiger partial charge in [0.2, 0.25) is 0 Å². The quantitative estimate of drug-likeness (QED) is 0.540. The summed E-state index contributed by atoms with van der Waals surface area (Å²) in [5, 5.41) is 2.90. The van der Waals surface area contributed by atoms with Gasteiger partial charge in [-0.25, -0.2) is 8.42 Å². The number of hydrogen-bond acceptors (Lipinski definition) is 4. The van der Waals surface area contributed by atoms with Gasteiger partial charge in [-0.3, -0.25) is 9.52 Å². The zero-order valence-electron chi connectivity index (χ0n) is 17.8. The summed E-state index contributed by atoms with van der Waals surface area (Å²) >= 11 is 0. The van der Waals surface area contributed by atoms with Crippen molar-refractivity contribution in [3.05, 3.63) is 89.5 Å². The maximum absolute atomic E-state index is 13.0. The summed E-state index contributed by atoms with van der Waals surface area (Å²) < 4.78 is 33.9. The molecule has 0 fully saturated rings. The fourth-order valence-corrected chi connectivity index (χ4v) is 4.41. The molecule has 1 amide bonds. The Labute approximate surface area is 183 Å². The third-order valence-electron chi connectivity index (χ3n) is 4.98. The molecule has 0 aliphatic rings. The molecule has 3 rings (SSSR count). The maximum atomic E-state index is 13.0. The van der Waals surface area contributed by atoms with E-state index in [4.69, 9.17) is 4.74 Å². The second-order valence-electron chi connectivity index (χ2n) is 7.13. The average Bonchev–Trinajstić information content (AvgIpc) is 2.79. The molecule has 0 bridgehead atoms. The van der Waals surface area contributed by atoms with Gasteiger partial charge in [-0.05, 0) is 54.8 Å². The first-order valence-corrected chi connectivity index (χ1v) is 11.5. The monoisotopic (exact) mass is 438 g/mol. The summed E-state index contributed by atoms with van der Waals surface area (Å²) in [6.07, 6.45) is 0.861. The number of carbonyl (C=O) groups is 1. The predicted octanol–water partition coefficient (Wildman–Crippen LogP) is 4.55. The molecule has 0 heterocycles. The van der Waals surface area contributed by atoms with Gasteiger partial charge in [0.25, 0.3) is 15.9 Å². The van der Waals surface area contributed by atoms with Gasteiger partial charge in [-0.15, -0.1) is 0 Å². The maximum Gasteiger partial charge on any atom is 0.265 e. The number of benzene rings is 3. The normalized spacial score (nSPS) is 12.1. The summed E-state index contributed by atoms with van der Waals surface area (Å²) in [6, 6.07) is 20.8. The van der Waals surface area contributed by atoms with Crippen molar-refractivity contribution >= 4 is 21.6 Å². The fraction of sp³-hybridized carbons (Fsp3) is 0.208. The Morgan fingerprint density at radius 3 is 2.29 bits per heavy atom. The average molecular weight is 439 g/mol. The highest BCUT2D eigenvalue weighted by Gasteiger charge is 2.22. The van der Waals surface area contributed by atoms with Crippen LogP contribution in [0.3, 0.4) is 0 Å². The number of nitrogens with one attached hydrogen (secondary N) is 2. The van der Waals surface area contributed by atoms with Crippen molar-refractivity contribution in [1.29, 1.82) is 0 Å². The van der Waals surface area contributed by atoms with Gasteiger partial charge in [0.15, 0.2) is 0 Å². The highest BCUT2D eigenvalue weighted by Crippen LogP contribution is 2.27. The SMILES string of the molecule is CCc1ccc(NS(=O)(=O)c2cc(C(=O)NC(C)c3ccccc3)ccc2OC)cc1. The van der Waals surface area contributed by atoms with Crippen LogP contribution in [0.25, 0.3) is 0 Å². The van der Waals surface area contributed by atoms with Gasteiger partial charge >= 0.3 is 0 Å². The second kappa shape index (κ2) is 9.66. The number of rotatable bonds is 8. The number of amides is 1. The lowest BCUT2D eigenvalue weighted by molar-refractivity contribution is 0.0939. The van der Waals surface area contributed by atoms with Gasteiger partial charge in [-0.1, -0.05) is 49.4 Å². The smallest absolute Gasteiger partial charge is 0.265 e. The van der Waals surface area contributed by atoms with Crippen molar-refractivity contribution < 1.29 is 17.9 Å². The molecule has 1 unspecified atom stereocenters. The molecular weight excluding hydrogens is 412 g/mol. The molecule has 3 aromatic carbocycles. The first kappa shape index (κ1) is 22.4. The van der Waals surface area contributed by atoms with Crippen LogP contribution in [0.4, 0.5) is 5.69 Å². The first-order chi connectivity index (χ1) is 14.8. The molecule has 0 spiro atoms. The number of anilines is 1. The third-order valence-corrected chi connectivity index (χ3v) is 6.38. The van der Waals surface area contributed by atoms with E-state index in [0.717, 1.165) is 17.5 Å². The summed E-state index contributed by atoms with van der Waals surface area (Å²) in [5.41, 5.74) is 2.72. The van der Waals surface area contributed by atoms with Crippen LogP contribution in [0.5, 0.6) is 5.75 Å². The van der Waals surface area contributed by atoms with Crippen molar-refractivity contribution in [3.8, 4) is 5.75 Å². The largest absolute Gasteiger partial charge is 0.495 e. The molecule has 0 aromatic heterocycles. The molecule has 6 nitrogen and oxygen atoms in total. The molecule has 7 heteroatoms. The Hall–Kier alpha value is -3.32. The van der Waals surface area contributed by atoms with E-state index in [0.29, 0.717) is 5.69 Å². The molecule has 0 saturated carbocycles. The lowest BCUT2D eigenvalue weighted by Crippen LogP contribution is -2.27. The fourth-order valence-electron chi connectivity index (χ4n) is 3.15. The van der Waals surface area contributed by atoms with E-state index in [1.807, 2.05) is 56.3 Å². The van der Waals surface area contributed by atoms with Crippen LogP contribution >= 0.6 is 0 Å². The van der Waals surface area contributed by atoms with E-state index in [1.165, 1.54) is 19.2 Å². The zero-order valence-corrected chi connectivity index (χ0v) is 18.6. The summed E-state index contributed by atoms with van der Waals surface area (Å²) in [7, 11) is -2.58.